The number of likely N-dealkylation sites (tertiary alicyclic amines) is 1. The first-order chi connectivity index (χ1) is 10.4. The molecule has 1 N–H and O–H groups in total. The normalized spacial score (nSPS) is 19.0. The summed E-state index contributed by atoms with van der Waals surface area (Å²) >= 11 is 1.42. The van der Waals surface area contributed by atoms with E-state index in [4.69, 9.17) is 4.74 Å². The molecule has 2 rings (SSSR count). The molecular formula is C16H24N2O3S. The zero-order chi connectivity index (χ0) is 16.3. The molecule has 122 valence electrons. The van der Waals surface area contributed by atoms with E-state index in [1.807, 2.05) is 13.8 Å². The number of thiophene rings is 1. The van der Waals surface area contributed by atoms with Gasteiger partial charge in [0.1, 0.15) is 5.00 Å². The molecule has 1 aliphatic rings. The van der Waals surface area contributed by atoms with E-state index in [2.05, 4.69) is 17.1 Å². The summed E-state index contributed by atoms with van der Waals surface area (Å²) < 4.78 is 4.83. The van der Waals surface area contributed by atoms with Crippen LogP contribution >= 0.6 is 11.3 Å². The molecule has 1 saturated heterocycles. The lowest BCUT2D eigenvalue weighted by molar-refractivity contribution is -0.118. The molecule has 0 radical (unpaired) electrons. The Morgan fingerprint density at radius 3 is 2.73 bits per heavy atom. The summed E-state index contributed by atoms with van der Waals surface area (Å²) in [6.07, 6.45) is 3.51. The Morgan fingerprint density at radius 1 is 1.36 bits per heavy atom. The minimum Gasteiger partial charge on any atom is -0.465 e. The highest BCUT2D eigenvalue weighted by molar-refractivity contribution is 7.16. The van der Waals surface area contributed by atoms with Crippen LogP contribution in [0, 0.1) is 13.8 Å². The number of ether oxygens (including phenoxy) is 1. The molecule has 5 nitrogen and oxygen atoms in total. The summed E-state index contributed by atoms with van der Waals surface area (Å²) in [6, 6.07) is 0.436. The maximum atomic E-state index is 12.3. The molecule has 1 atom stereocenters. The third kappa shape index (κ3) is 3.67. The maximum absolute atomic E-state index is 12.3. The zero-order valence-corrected chi connectivity index (χ0v) is 14.5. The van der Waals surface area contributed by atoms with Gasteiger partial charge in [0.2, 0.25) is 5.91 Å². The second-order valence-corrected chi connectivity index (χ2v) is 7.07. The molecule has 1 aliphatic heterocycles. The minimum absolute atomic E-state index is 0.0693. The molecule has 1 amide bonds. The fraction of sp³-hybridized carbons (Fsp3) is 0.625. The fourth-order valence-corrected chi connectivity index (χ4v) is 3.87. The van der Waals surface area contributed by atoms with Gasteiger partial charge in [0, 0.05) is 10.9 Å². The molecule has 0 bridgehead atoms. The lowest BCUT2D eigenvalue weighted by Crippen LogP contribution is -2.42. The van der Waals surface area contributed by atoms with Gasteiger partial charge in [-0.05, 0) is 45.7 Å². The van der Waals surface area contributed by atoms with Gasteiger partial charge in [0.05, 0.1) is 19.2 Å². The van der Waals surface area contributed by atoms with Gasteiger partial charge in [-0.25, -0.2) is 4.79 Å². The lowest BCUT2D eigenvalue weighted by Gasteiger charge is -2.32. The molecule has 2 heterocycles. The van der Waals surface area contributed by atoms with Gasteiger partial charge < -0.3 is 10.1 Å². The zero-order valence-electron chi connectivity index (χ0n) is 13.7. The Kier molecular flexibility index (Phi) is 5.58. The van der Waals surface area contributed by atoms with Gasteiger partial charge in [-0.3, -0.25) is 9.69 Å². The average molecular weight is 324 g/mol. The van der Waals surface area contributed by atoms with Crippen molar-refractivity contribution in [3.63, 3.8) is 0 Å². The molecule has 6 heteroatoms. The Morgan fingerprint density at radius 2 is 2.09 bits per heavy atom. The van der Waals surface area contributed by atoms with Gasteiger partial charge in [-0.1, -0.05) is 6.42 Å². The molecular weight excluding hydrogens is 300 g/mol. The van der Waals surface area contributed by atoms with E-state index in [-0.39, 0.29) is 5.91 Å². The number of hydrogen-bond donors (Lipinski definition) is 1. The van der Waals surface area contributed by atoms with E-state index in [0.717, 1.165) is 29.8 Å². The quantitative estimate of drug-likeness (QED) is 0.865. The Hall–Kier alpha value is -1.40. The number of hydrogen-bond acceptors (Lipinski definition) is 5. The number of carbonyl (C=O) groups excluding carboxylic acids is 2. The molecule has 0 spiro atoms. The fourth-order valence-electron chi connectivity index (χ4n) is 2.81. The van der Waals surface area contributed by atoms with Crippen molar-refractivity contribution in [2.75, 3.05) is 25.5 Å². The summed E-state index contributed by atoms with van der Waals surface area (Å²) in [5, 5.41) is 3.49. The van der Waals surface area contributed by atoms with Crippen LogP contribution in [-0.4, -0.2) is 43.0 Å². The Balaban J connectivity index is 2.08. The van der Waals surface area contributed by atoms with Crippen molar-refractivity contribution in [3.05, 3.63) is 16.0 Å². The van der Waals surface area contributed by atoms with Crippen LogP contribution in [0.3, 0.4) is 0 Å². The van der Waals surface area contributed by atoms with Crippen molar-refractivity contribution in [3.8, 4) is 0 Å². The SMILES string of the molecule is COC(=O)c1c(NC(=O)CN2CCCC[C@@H]2C)sc(C)c1C. The number of aryl methyl sites for hydroxylation is 1. The topological polar surface area (TPSA) is 58.6 Å². The Bertz CT molecular complexity index is 568. The number of amides is 1. The second kappa shape index (κ2) is 7.24. The lowest BCUT2D eigenvalue weighted by atomic mass is 10.0. The number of rotatable bonds is 4. The number of methoxy groups -OCH3 is 1. The van der Waals surface area contributed by atoms with Crippen molar-refractivity contribution < 1.29 is 14.3 Å². The average Bonchev–Trinajstić information content (AvgIpc) is 2.75. The largest absolute Gasteiger partial charge is 0.465 e. The van der Waals surface area contributed by atoms with E-state index in [1.165, 1.54) is 24.9 Å². The van der Waals surface area contributed by atoms with Gasteiger partial charge in [0.25, 0.3) is 0 Å². The van der Waals surface area contributed by atoms with Crippen LogP contribution in [0.25, 0.3) is 0 Å². The van der Waals surface area contributed by atoms with Crippen LogP contribution in [0.2, 0.25) is 0 Å². The molecule has 0 aromatic carbocycles. The number of nitrogens with one attached hydrogen (secondary N) is 1. The summed E-state index contributed by atoms with van der Waals surface area (Å²) in [5.41, 5.74) is 1.35. The summed E-state index contributed by atoms with van der Waals surface area (Å²) in [5.74, 6) is -0.469. The highest BCUT2D eigenvalue weighted by atomic mass is 32.1. The minimum atomic E-state index is -0.400. The highest BCUT2D eigenvalue weighted by Gasteiger charge is 2.24. The van der Waals surface area contributed by atoms with E-state index < -0.39 is 5.97 Å². The van der Waals surface area contributed by atoms with Crippen LogP contribution in [0.4, 0.5) is 5.00 Å². The first kappa shape index (κ1) is 17.0. The van der Waals surface area contributed by atoms with Crippen LogP contribution < -0.4 is 5.32 Å². The number of piperidine rings is 1. The van der Waals surface area contributed by atoms with E-state index in [1.54, 1.807) is 0 Å². The summed E-state index contributed by atoms with van der Waals surface area (Å²) in [7, 11) is 1.36. The molecule has 1 aromatic rings. The Labute approximate surface area is 135 Å². The maximum Gasteiger partial charge on any atom is 0.341 e. The first-order valence-electron chi connectivity index (χ1n) is 7.66. The van der Waals surface area contributed by atoms with Crippen LogP contribution in [-0.2, 0) is 9.53 Å². The van der Waals surface area contributed by atoms with Crippen molar-refractivity contribution in [1.82, 2.24) is 4.90 Å². The van der Waals surface area contributed by atoms with Gasteiger partial charge in [0.15, 0.2) is 0 Å². The smallest absolute Gasteiger partial charge is 0.341 e. The predicted molar refractivity (Wildman–Crippen MR) is 88.6 cm³/mol. The number of anilines is 1. The first-order valence-corrected chi connectivity index (χ1v) is 8.48. The molecule has 22 heavy (non-hydrogen) atoms. The van der Waals surface area contributed by atoms with Crippen molar-refractivity contribution in [2.24, 2.45) is 0 Å². The number of nitrogens with zero attached hydrogens (tertiary/aromatic N) is 1. The van der Waals surface area contributed by atoms with Gasteiger partial charge >= 0.3 is 5.97 Å². The van der Waals surface area contributed by atoms with Crippen molar-refractivity contribution in [2.45, 2.75) is 46.1 Å². The summed E-state index contributed by atoms with van der Waals surface area (Å²) in [4.78, 5) is 27.4. The third-order valence-electron chi connectivity index (χ3n) is 4.32. The van der Waals surface area contributed by atoms with Gasteiger partial charge in [-0.15, -0.1) is 11.3 Å². The monoisotopic (exact) mass is 324 g/mol. The molecule has 1 fully saturated rings. The molecule has 1 aromatic heterocycles. The van der Waals surface area contributed by atoms with Crippen LogP contribution in [0.5, 0.6) is 0 Å². The summed E-state index contributed by atoms with van der Waals surface area (Å²) in [6.45, 7) is 7.31. The van der Waals surface area contributed by atoms with Gasteiger partial charge in [-0.2, -0.15) is 0 Å². The number of esters is 1. The third-order valence-corrected chi connectivity index (χ3v) is 5.44. The predicted octanol–water partition coefficient (Wildman–Crippen LogP) is 2.96. The highest BCUT2D eigenvalue weighted by Crippen LogP contribution is 2.33. The second-order valence-electron chi connectivity index (χ2n) is 5.84. The molecule has 0 saturated carbocycles. The van der Waals surface area contributed by atoms with Crippen LogP contribution in [0.15, 0.2) is 0 Å². The standard InChI is InChI=1S/C16H24N2O3S/c1-10-7-5-6-8-18(10)9-13(19)17-15-14(16(20)21-4)11(2)12(3)22-15/h10H,5-9H2,1-4H3,(H,17,19)/t10-/m0/s1. The van der Waals surface area contributed by atoms with E-state index in [9.17, 15) is 9.59 Å². The van der Waals surface area contributed by atoms with Crippen molar-refractivity contribution >= 4 is 28.2 Å². The number of carbonyl (C=O) groups is 2. The molecule has 0 unspecified atom stereocenters. The van der Waals surface area contributed by atoms with Crippen LogP contribution in [0.1, 0.15) is 47.0 Å². The molecule has 0 aliphatic carbocycles. The van der Waals surface area contributed by atoms with Crippen molar-refractivity contribution in [1.29, 1.82) is 0 Å². The van der Waals surface area contributed by atoms with E-state index in [0.29, 0.717) is 23.2 Å². The van der Waals surface area contributed by atoms with E-state index >= 15 is 0 Å².